The molecule has 4 rings (SSSR count). The summed E-state index contributed by atoms with van der Waals surface area (Å²) in [5, 5.41) is 0. The van der Waals surface area contributed by atoms with Gasteiger partial charge in [-0.3, -0.25) is 0 Å². The van der Waals surface area contributed by atoms with Gasteiger partial charge in [0.1, 0.15) is 0 Å². The summed E-state index contributed by atoms with van der Waals surface area (Å²) in [6, 6.07) is 0. The molecule has 0 aromatic carbocycles. The summed E-state index contributed by atoms with van der Waals surface area (Å²) in [6.07, 6.45) is 21.9. The fourth-order valence-electron chi connectivity index (χ4n) is 5.05. The summed E-state index contributed by atoms with van der Waals surface area (Å²) in [6.45, 7) is 5.30. The van der Waals surface area contributed by atoms with E-state index < -0.39 is 20.1 Å². The van der Waals surface area contributed by atoms with Crippen LogP contribution >= 0.6 is 0 Å². The zero-order valence-electron chi connectivity index (χ0n) is 14.1. The summed E-state index contributed by atoms with van der Waals surface area (Å²) < 4.78 is 1.96. The Labute approximate surface area is 143 Å². The Hall–Kier alpha value is 0.0470. The Kier molecular flexibility index (Phi) is 4.61. The van der Waals surface area contributed by atoms with E-state index in [0.29, 0.717) is 0 Å². The molecule has 2 heteroatoms. The molecule has 0 fully saturated rings. The van der Waals surface area contributed by atoms with Crippen molar-refractivity contribution in [1.29, 1.82) is 0 Å². The summed E-state index contributed by atoms with van der Waals surface area (Å²) in [5.41, 5.74) is 7.29. The van der Waals surface area contributed by atoms with E-state index in [4.69, 9.17) is 0 Å². The average molecular weight is 475 g/mol. The molecule has 0 bridgehead atoms. The summed E-state index contributed by atoms with van der Waals surface area (Å²) >= 11 is -1.68. The van der Waals surface area contributed by atoms with Crippen molar-refractivity contribution in [3.05, 3.63) is 46.6 Å². The zero-order chi connectivity index (χ0) is 15.1. The summed E-state index contributed by atoms with van der Waals surface area (Å²) in [5.74, 6) is 0. The first kappa shape index (κ1) is 15.6. The van der Waals surface area contributed by atoms with Crippen LogP contribution in [0.2, 0.25) is 20.4 Å². The molecular weight excluding hydrogens is 447 g/mol. The van der Waals surface area contributed by atoms with Gasteiger partial charge in [0.15, 0.2) is 0 Å². The van der Waals surface area contributed by atoms with Crippen molar-refractivity contribution < 1.29 is 20.1 Å². The number of rotatable bonds is 2. The molecule has 116 valence electrons. The van der Waals surface area contributed by atoms with Crippen molar-refractivity contribution in [1.82, 2.24) is 0 Å². The van der Waals surface area contributed by atoms with Crippen LogP contribution in [-0.4, -0.2) is 5.49 Å². The molecule has 2 atom stereocenters. The topological polar surface area (TPSA) is 0 Å². The van der Waals surface area contributed by atoms with Crippen LogP contribution in [0.3, 0.4) is 0 Å². The summed E-state index contributed by atoms with van der Waals surface area (Å²) in [7, 11) is 0. The van der Waals surface area contributed by atoms with Crippen LogP contribution in [0.25, 0.3) is 0 Å². The van der Waals surface area contributed by atoms with Crippen molar-refractivity contribution in [2.75, 3.05) is 0 Å². The normalized spacial score (nSPS) is 29.9. The average Bonchev–Trinajstić information content (AvgIpc) is 3.13. The van der Waals surface area contributed by atoms with Gasteiger partial charge in [-0.1, -0.05) is 0 Å². The third-order valence-corrected chi connectivity index (χ3v) is 33.5. The number of hydrogen-bond acceptors (Lipinski definition) is 0. The first-order valence-corrected chi connectivity index (χ1v) is 21.3. The van der Waals surface area contributed by atoms with Crippen LogP contribution in [0.5, 0.6) is 0 Å². The minimum atomic E-state index is -1.68. The van der Waals surface area contributed by atoms with Crippen LogP contribution < -0.4 is 0 Å². The molecule has 0 nitrogen and oxygen atoms in total. The van der Waals surface area contributed by atoms with E-state index >= 15 is 0 Å². The van der Waals surface area contributed by atoms with Crippen molar-refractivity contribution in [3.8, 4) is 0 Å². The molecule has 4 aliphatic carbocycles. The molecule has 0 radical (unpaired) electrons. The Morgan fingerprint density at radius 2 is 1.23 bits per heavy atom. The molecule has 0 heterocycles. The van der Waals surface area contributed by atoms with E-state index in [0.717, 1.165) is 7.35 Å². The monoisotopic (exact) mass is 476 g/mol. The number of hydrogen-bond donors (Lipinski definition) is 0. The molecule has 0 spiro atoms. The van der Waals surface area contributed by atoms with Gasteiger partial charge in [-0.05, 0) is 0 Å². The molecule has 0 saturated carbocycles. The second-order valence-electron chi connectivity index (χ2n) is 7.64. The predicted octanol–water partition coefficient (Wildman–Crippen LogP) is 6.31. The Bertz CT molecular complexity index is 591. The predicted molar refractivity (Wildman–Crippen MR) is 94.3 cm³/mol. The molecule has 0 saturated heterocycles. The molecule has 0 aliphatic heterocycles. The third-order valence-electron chi connectivity index (χ3n) is 6.09. The fourth-order valence-corrected chi connectivity index (χ4v) is 32.8. The van der Waals surface area contributed by atoms with Gasteiger partial charge in [0.2, 0.25) is 0 Å². The molecule has 0 aromatic rings. The van der Waals surface area contributed by atoms with Crippen LogP contribution in [0.15, 0.2) is 46.6 Å². The van der Waals surface area contributed by atoms with Gasteiger partial charge >= 0.3 is 144 Å². The standard InChI is InChI=1S/2C9H11.C2H6Si.Hf/c2*1-2-5-9-7-3-6-8(9)4-1;1-3-2;/h2*3,6-7H,1-2,4-5H2;1-2H3;. The second-order valence-corrected chi connectivity index (χ2v) is 32.9. The van der Waals surface area contributed by atoms with Crippen molar-refractivity contribution in [2.45, 2.75) is 71.8 Å². The Morgan fingerprint density at radius 3 is 1.68 bits per heavy atom. The van der Waals surface area contributed by atoms with Gasteiger partial charge < -0.3 is 0 Å². The molecular formula is C20H28HfSi. The van der Waals surface area contributed by atoms with Crippen molar-refractivity contribution in [2.24, 2.45) is 0 Å². The van der Waals surface area contributed by atoms with Gasteiger partial charge in [0.05, 0.1) is 0 Å². The zero-order valence-corrected chi connectivity index (χ0v) is 18.7. The molecule has 2 unspecified atom stereocenters. The second kappa shape index (κ2) is 6.51. The first-order valence-electron chi connectivity index (χ1n) is 9.23. The molecule has 22 heavy (non-hydrogen) atoms. The first-order chi connectivity index (χ1) is 10.8. The van der Waals surface area contributed by atoms with Crippen LogP contribution in [0.4, 0.5) is 0 Å². The fraction of sp³-hybridized carbons (Fsp3) is 0.600. The van der Waals surface area contributed by atoms with Gasteiger partial charge in [0, 0.05) is 0 Å². The van der Waals surface area contributed by atoms with E-state index in [1.54, 1.807) is 11.1 Å². The molecule has 0 N–H and O–H groups in total. The van der Waals surface area contributed by atoms with Gasteiger partial charge in [-0.2, -0.15) is 0 Å². The van der Waals surface area contributed by atoms with E-state index in [1.165, 1.54) is 51.4 Å². The van der Waals surface area contributed by atoms with Crippen molar-refractivity contribution >= 4 is 5.49 Å². The molecule has 0 amide bonds. The van der Waals surface area contributed by atoms with E-state index in [9.17, 15) is 0 Å². The van der Waals surface area contributed by atoms with E-state index in [1.807, 2.05) is 11.1 Å². The van der Waals surface area contributed by atoms with E-state index in [2.05, 4.69) is 37.4 Å². The van der Waals surface area contributed by atoms with Crippen LogP contribution in [-0.2, 0) is 20.1 Å². The van der Waals surface area contributed by atoms with Crippen molar-refractivity contribution in [3.63, 3.8) is 0 Å². The number of allylic oxidation sites excluding steroid dienone is 8. The molecule has 4 aliphatic rings. The van der Waals surface area contributed by atoms with Crippen LogP contribution in [0, 0.1) is 0 Å². The van der Waals surface area contributed by atoms with Gasteiger partial charge in [-0.15, -0.1) is 0 Å². The quantitative estimate of drug-likeness (QED) is 0.411. The maximum atomic E-state index is 2.69. The van der Waals surface area contributed by atoms with E-state index in [-0.39, 0.29) is 5.49 Å². The molecule has 0 aromatic heterocycles. The van der Waals surface area contributed by atoms with Gasteiger partial charge in [-0.25, -0.2) is 0 Å². The Morgan fingerprint density at radius 1 is 0.773 bits per heavy atom. The Balaban J connectivity index is 1.71. The maximum absolute atomic E-state index is 2.69. The summed E-state index contributed by atoms with van der Waals surface area (Å²) in [4.78, 5) is 0. The van der Waals surface area contributed by atoms with Gasteiger partial charge in [0.25, 0.3) is 0 Å². The SMILES string of the molecule is C[Si](C)=[Hf]([CH]1C=CC2=C1CCCC2)[CH]1C=CC2=C1CCCC2. The third kappa shape index (κ3) is 2.68. The van der Waals surface area contributed by atoms with Crippen LogP contribution in [0.1, 0.15) is 51.4 Å². The minimum absolute atomic E-state index is 0.0957.